The minimum atomic E-state index is -1.09. The quantitative estimate of drug-likeness (QED) is 0.362. The topological polar surface area (TPSA) is 95.9 Å². The number of carbonyl (C=O) groups is 2. The van der Waals surface area contributed by atoms with Crippen molar-refractivity contribution < 1.29 is 24.5 Å². The van der Waals surface area contributed by atoms with Gasteiger partial charge in [-0.25, -0.2) is 4.79 Å². The maximum Gasteiger partial charge on any atom is 0.326 e. The highest BCUT2D eigenvalue weighted by Gasteiger charge is 2.19. The smallest absolute Gasteiger partial charge is 0.326 e. The number of carbonyl (C=O) groups excluding carboxylic acids is 1. The number of halogens is 2. The molecule has 0 saturated heterocycles. The summed E-state index contributed by atoms with van der Waals surface area (Å²) in [5.41, 5.74) is 0.781. The molecule has 0 saturated carbocycles. The summed E-state index contributed by atoms with van der Waals surface area (Å²) in [6.07, 6.45) is 0.566. The first kappa shape index (κ1) is 18.8. The summed E-state index contributed by atoms with van der Waals surface area (Å²) in [7, 11) is 0. The average molecular weight is 553 g/mol. The van der Waals surface area contributed by atoms with Gasteiger partial charge in [0, 0.05) is 6.42 Å². The Hall–Kier alpha value is -1.56. The number of carboxylic acid groups (broad SMARTS) is 1. The summed E-state index contributed by atoms with van der Waals surface area (Å²) in [5.74, 6) is 0.310. The molecule has 1 atom stereocenters. The third-order valence-electron chi connectivity index (χ3n) is 3.12. The molecule has 6 nitrogen and oxygen atoms in total. The van der Waals surface area contributed by atoms with Gasteiger partial charge in [-0.05, 0) is 87.1 Å². The maximum absolute atomic E-state index is 11.1. The molecule has 24 heavy (non-hydrogen) atoms. The lowest BCUT2D eigenvalue weighted by molar-refractivity contribution is -0.140. The van der Waals surface area contributed by atoms with Gasteiger partial charge in [0.2, 0.25) is 6.41 Å². The van der Waals surface area contributed by atoms with E-state index in [0.717, 1.165) is 12.7 Å². The molecule has 0 aliphatic carbocycles. The van der Waals surface area contributed by atoms with E-state index < -0.39 is 12.0 Å². The molecule has 0 radical (unpaired) electrons. The number of aliphatic carboxylic acids is 1. The van der Waals surface area contributed by atoms with Crippen molar-refractivity contribution in [1.82, 2.24) is 5.32 Å². The summed E-state index contributed by atoms with van der Waals surface area (Å²) >= 11 is 4.23. The molecule has 2 aromatic carbocycles. The predicted molar refractivity (Wildman–Crippen MR) is 104 cm³/mol. The Labute approximate surface area is 165 Å². The first-order chi connectivity index (χ1) is 11.4. The Balaban J connectivity index is 2.22. The summed E-state index contributed by atoms with van der Waals surface area (Å²) in [6, 6.07) is 9.05. The molecule has 1 amide bonds. The zero-order chi connectivity index (χ0) is 17.7. The molecule has 0 spiro atoms. The van der Waals surface area contributed by atoms with Crippen LogP contribution in [0.4, 0.5) is 0 Å². The van der Waals surface area contributed by atoms with Crippen molar-refractivity contribution in [3.8, 4) is 17.2 Å². The fourth-order valence-electron chi connectivity index (χ4n) is 2.00. The summed E-state index contributed by atoms with van der Waals surface area (Å²) in [6.45, 7) is 0. The van der Waals surface area contributed by atoms with Crippen LogP contribution in [0, 0.1) is 7.14 Å². The highest BCUT2D eigenvalue weighted by molar-refractivity contribution is 14.1. The van der Waals surface area contributed by atoms with E-state index >= 15 is 0 Å². The molecule has 0 aliphatic heterocycles. The second-order valence-corrected chi connectivity index (χ2v) is 7.19. The van der Waals surface area contributed by atoms with Crippen LogP contribution in [0.1, 0.15) is 5.56 Å². The molecule has 8 heteroatoms. The Bertz CT molecular complexity index is 726. The third kappa shape index (κ3) is 4.97. The van der Waals surface area contributed by atoms with Crippen LogP contribution in [0.5, 0.6) is 17.2 Å². The molecule has 2 aromatic rings. The van der Waals surface area contributed by atoms with E-state index in [9.17, 15) is 14.7 Å². The SMILES string of the molecule is O=CNC(Cc1cc(I)c(Oc2ccc(O)cc2)c(I)c1)C(=O)O. The number of phenols is 1. The van der Waals surface area contributed by atoms with E-state index in [-0.39, 0.29) is 12.2 Å². The molecule has 0 aromatic heterocycles. The van der Waals surface area contributed by atoms with Gasteiger partial charge in [-0.1, -0.05) is 0 Å². The second-order valence-electron chi connectivity index (χ2n) is 4.86. The molecule has 126 valence electrons. The van der Waals surface area contributed by atoms with Crippen LogP contribution in [-0.2, 0) is 16.0 Å². The Morgan fingerprint density at radius 1 is 1.21 bits per heavy atom. The number of carboxylic acids is 1. The number of hydrogen-bond donors (Lipinski definition) is 3. The number of ether oxygens (including phenoxy) is 1. The minimum absolute atomic E-state index is 0.157. The van der Waals surface area contributed by atoms with Gasteiger partial charge < -0.3 is 20.3 Å². The normalized spacial score (nSPS) is 11.6. The Morgan fingerprint density at radius 3 is 2.29 bits per heavy atom. The lowest BCUT2D eigenvalue weighted by Gasteiger charge is -2.15. The van der Waals surface area contributed by atoms with Crippen molar-refractivity contribution in [3.05, 3.63) is 49.1 Å². The van der Waals surface area contributed by atoms with Crippen molar-refractivity contribution in [2.45, 2.75) is 12.5 Å². The largest absolute Gasteiger partial charge is 0.508 e. The van der Waals surface area contributed by atoms with E-state index in [1.165, 1.54) is 12.1 Å². The van der Waals surface area contributed by atoms with Gasteiger partial charge in [-0.15, -0.1) is 0 Å². The van der Waals surface area contributed by atoms with Crippen LogP contribution in [0.3, 0.4) is 0 Å². The van der Waals surface area contributed by atoms with Crippen LogP contribution in [-0.4, -0.2) is 28.6 Å². The second kappa shape index (κ2) is 8.51. The average Bonchev–Trinajstić information content (AvgIpc) is 2.52. The van der Waals surface area contributed by atoms with Crippen molar-refractivity contribution in [2.75, 3.05) is 0 Å². The fraction of sp³-hybridized carbons (Fsp3) is 0.125. The van der Waals surface area contributed by atoms with Crippen LogP contribution >= 0.6 is 45.2 Å². The Kier molecular flexibility index (Phi) is 6.66. The van der Waals surface area contributed by atoms with Gasteiger partial charge in [-0.2, -0.15) is 0 Å². The molecule has 0 aliphatic rings. The molecular weight excluding hydrogens is 540 g/mol. The lowest BCUT2D eigenvalue weighted by Crippen LogP contribution is -2.37. The van der Waals surface area contributed by atoms with E-state index in [1.54, 1.807) is 12.1 Å². The zero-order valence-electron chi connectivity index (χ0n) is 12.2. The molecule has 0 heterocycles. The van der Waals surface area contributed by atoms with Gasteiger partial charge in [0.1, 0.15) is 17.5 Å². The maximum atomic E-state index is 11.1. The summed E-state index contributed by atoms with van der Waals surface area (Å²) < 4.78 is 7.47. The van der Waals surface area contributed by atoms with E-state index in [0.29, 0.717) is 17.9 Å². The number of benzene rings is 2. The van der Waals surface area contributed by atoms with Gasteiger partial charge >= 0.3 is 5.97 Å². The van der Waals surface area contributed by atoms with Crippen molar-refractivity contribution in [3.63, 3.8) is 0 Å². The van der Waals surface area contributed by atoms with Gasteiger partial charge in [0.05, 0.1) is 7.14 Å². The summed E-state index contributed by atoms with van der Waals surface area (Å²) in [5, 5.41) is 20.7. The van der Waals surface area contributed by atoms with E-state index in [1.807, 2.05) is 12.1 Å². The number of amides is 1. The van der Waals surface area contributed by atoms with Crippen molar-refractivity contribution >= 4 is 57.6 Å². The van der Waals surface area contributed by atoms with Crippen molar-refractivity contribution in [1.29, 1.82) is 0 Å². The Morgan fingerprint density at radius 2 is 1.79 bits per heavy atom. The van der Waals surface area contributed by atoms with Crippen molar-refractivity contribution in [2.24, 2.45) is 0 Å². The van der Waals surface area contributed by atoms with Gasteiger partial charge in [0.15, 0.2) is 5.75 Å². The van der Waals surface area contributed by atoms with Gasteiger partial charge in [-0.3, -0.25) is 4.79 Å². The van der Waals surface area contributed by atoms with E-state index in [2.05, 4.69) is 50.5 Å². The molecule has 0 fully saturated rings. The molecule has 3 N–H and O–H groups in total. The molecule has 2 rings (SSSR count). The van der Waals surface area contributed by atoms with Crippen LogP contribution < -0.4 is 10.1 Å². The summed E-state index contributed by atoms with van der Waals surface area (Å²) in [4.78, 5) is 21.6. The third-order valence-corrected chi connectivity index (χ3v) is 4.72. The van der Waals surface area contributed by atoms with Crippen LogP contribution in [0.2, 0.25) is 0 Å². The number of aromatic hydroxyl groups is 1. The van der Waals surface area contributed by atoms with Crippen LogP contribution in [0.25, 0.3) is 0 Å². The van der Waals surface area contributed by atoms with Crippen LogP contribution in [0.15, 0.2) is 36.4 Å². The zero-order valence-corrected chi connectivity index (χ0v) is 16.5. The molecular formula is C16H13I2NO5. The standard InChI is InChI=1S/C16H13I2NO5/c17-12-5-9(7-14(16(22)23)19-8-20)6-13(18)15(12)24-11-3-1-10(21)2-4-11/h1-6,8,14,21H,7H2,(H,19,20)(H,22,23). The number of phenolic OH excluding ortho intramolecular Hbond substituents is 1. The number of nitrogens with one attached hydrogen (secondary N) is 1. The van der Waals surface area contributed by atoms with Gasteiger partial charge in [0.25, 0.3) is 0 Å². The van der Waals surface area contributed by atoms with E-state index in [4.69, 9.17) is 9.84 Å². The number of rotatable bonds is 7. The highest BCUT2D eigenvalue weighted by Crippen LogP contribution is 2.33. The minimum Gasteiger partial charge on any atom is -0.508 e. The number of hydrogen-bond acceptors (Lipinski definition) is 4. The first-order valence-electron chi connectivity index (χ1n) is 6.78. The molecule has 1 unspecified atom stereocenters. The monoisotopic (exact) mass is 553 g/mol. The first-order valence-corrected chi connectivity index (χ1v) is 8.93. The predicted octanol–water partition coefficient (Wildman–Crippen LogP) is 3.14. The highest BCUT2D eigenvalue weighted by atomic mass is 127. The fourth-order valence-corrected chi connectivity index (χ4v) is 4.11. The lowest BCUT2D eigenvalue weighted by atomic mass is 10.1. The molecule has 0 bridgehead atoms.